The standard InChI is InChI=1S/C33H28Br8O6/c1-33(2,21-5-9-27(31(40)29(21)38)46-15-19(42)13-44-25-7-3-17(34)11-23(25)36)22-6-10-28(32(41)30(22)39)47-16-20(43)14-45-26-8-4-18(35)12-24(26)37/h3-12,19-20,42-43H,13-16H2,1-2H3. The number of hydrogen-bond acceptors (Lipinski definition) is 6. The second kappa shape index (κ2) is 17.9. The SMILES string of the molecule is CC(C)(c1ccc(OCC(O)COc2ccc(Br)cc2Br)c(Br)c1Br)c1ccc(OCC(O)COc2ccc(Br)cc2Br)c(Br)c1Br. The third kappa shape index (κ3) is 10.4. The van der Waals surface area contributed by atoms with E-state index in [4.69, 9.17) is 18.9 Å². The molecular formula is C33H28Br8O6. The van der Waals surface area contributed by atoms with Crippen molar-refractivity contribution in [3.8, 4) is 23.0 Å². The van der Waals surface area contributed by atoms with Crippen LogP contribution in [0.1, 0.15) is 25.0 Å². The Morgan fingerprint density at radius 1 is 0.489 bits per heavy atom. The van der Waals surface area contributed by atoms with E-state index in [0.29, 0.717) is 23.0 Å². The molecule has 4 aromatic carbocycles. The van der Waals surface area contributed by atoms with Gasteiger partial charge in [-0.25, -0.2) is 0 Å². The van der Waals surface area contributed by atoms with Crippen LogP contribution in [0.15, 0.2) is 96.4 Å². The third-order valence-electron chi connectivity index (χ3n) is 6.95. The lowest BCUT2D eigenvalue weighted by Crippen LogP contribution is -2.25. The van der Waals surface area contributed by atoms with E-state index in [9.17, 15) is 10.2 Å². The summed E-state index contributed by atoms with van der Waals surface area (Å²) in [5, 5.41) is 21.0. The molecule has 47 heavy (non-hydrogen) atoms. The van der Waals surface area contributed by atoms with Gasteiger partial charge in [-0.15, -0.1) is 0 Å². The maximum atomic E-state index is 10.5. The van der Waals surface area contributed by atoms with E-state index in [1.54, 1.807) is 0 Å². The zero-order valence-corrected chi connectivity index (χ0v) is 37.5. The van der Waals surface area contributed by atoms with Crippen molar-refractivity contribution in [1.29, 1.82) is 0 Å². The smallest absolute Gasteiger partial charge is 0.134 e. The number of hydrogen-bond donors (Lipinski definition) is 2. The average molecular weight is 1160 g/mol. The molecule has 0 aliphatic rings. The fourth-order valence-corrected chi connectivity index (χ4v) is 9.31. The molecule has 252 valence electrons. The highest BCUT2D eigenvalue weighted by Crippen LogP contribution is 2.47. The van der Waals surface area contributed by atoms with Crippen LogP contribution >= 0.6 is 127 Å². The van der Waals surface area contributed by atoms with Gasteiger partial charge in [0.15, 0.2) is 0 Å². The molecule has 2 unspecified atom stereocenters. The highest BCUT2D eigenvalue weighted by atomic mass is 79.9. The minimum Gasteiger partial charge on any atom is -0.490 e. The third-order valence-corrected chi connectivity index (χ3v) is 13.5. The number of benzene rings is 4. The number of aliphatic hydroxyl groups excluding tert-OH is 2. The summed E-state index contributed by atoms with van der Waals surface area (Å²) < 4.78 is 29.9. The van der Waals surface area contributed by atoms with Crippen molar-refractivity contribution in [2.45, 2.75) is 31.5 Å². The summed E-state index contributed by atoms with van der Waals surface area (Å²) in [5.74, 6) is 2.43. The molecule has 0 bridgehead atoms. The van der Waals surface area contributed by atoms with Gasteiger partial charge in [0.25, 0.3) is 0 Å². The van der Waals surface area contributed by atoms with Crippen molar-refractivity contribution in [2.75, 3.05) is 26.4 Å². The molecule has 2 N–H and O–H groups in total. The van der Waals surface area contributed by atoms with Crippen molar-refractivity contribution >= 4 is 127 Å². The van der Waals surface area contributed by atoms with Crippen molar-refractivity contribution in [2.24, 2.45) is 0 Å². The molecule has 0 saturated carbocycles. The van der Waals surface area contributed by atoms with Gasteiger partial charge in [0.2, 0.25) is 0 Å². The Balaban J connectivity index is 1.38. The Morgan fingerprint density at radius 2 is 0.809 bits per heavy atom. The van der Waals surface area contributed by atoms with Crippen LogP contribution < -0.4 is 18.9 Å². The first-order valence-electron chi connectivity index (χ1n) is 13.9. The average Bonchev–Trinajstić information content (AvgIpc) is 3.01. The van der Waals surface area contributed by atoms with Crippen LogP contribution in [-0.2, 0) is 5.41 Å². The molecule has 0 aliphatic heterocycles. The van der Waals surface area contributed by atoms with Crippen LogP contribution in [0.2, 0.25) is 0 Å². The molecule has 0 saturated heterocycles. The second-order valence-electron chi connectivity index (χ2n) is 10.8. The quantitative estimate of drug-likeness (QED) is 0.131. The Kier molecular flexibility index (Phi) is 15.1. The van der Waals surface area contributed by atoms with Crippen molar-refractivity contribution < 1.29 is 29.2 Å². The Bertz CT molecular complexity index is 1590. The highest BCUT2D eigenvalue weighted by molar-refractivity contribution is 9.13. The molecule has 6 nitrogen and oxygen atoms in total. The van der Waals surface area contributed by atoms with Crippen molar-refractivity contribution in [3.63, 3.8) is 0 Å². The van der Waals surface area contributed by atoms with E-state index in [1.165, 1.54) is 0 Å². The number of halogens is 8. The van der Waals surface area contributed by atoms with Crippen molar-refractivity contribution in [3.05, 3.63) is 108 Å². The summed E-state index contributed by atoms with van der Waals surface area (Å²) >= 11 is 28.6. The van der Waals surface area contributed by atoms with Gasteiger partial charge >= 0.3 is 0 Å². The van der Waals surface area contributed by atoms with Gasteiger partial charge in [-0.3, -0.25) is 0 Å². The predicted octanol–water partition coefficient (Wildman–Crippen LogP) is 11.7. The first kappa shape index (κ1) is 39.6. The number of ether oxygens (including phenoxy) is 4. The molecule has 14 heteroatoms. The van der Waals surface area contributed by atoms with Crippen LogP contribution in [0, 0.1) is 0 Å². The molecule has 0 spiro atoms. The zero-order chi connectivity index (χ0) is 34.5. The van der Waals surface area contributed by atoms with Crippen LogP contribution in [0.25, 0.3) is 0 Å². The van der Waals surface area contributed by atoms with Gasteiger partial charge in [0.05, 0.1) is 17.9 Å². The predicted molar refractivity (Wildman–Crippen MR) is 213 cm³/mol. The Labute approximate surface area is 341 Å². The lowest BCUT2D eigenvalue weighted by atomic mass is 9.78. The molecule has 0 fully saturated rings. The van der Waals surface area contributed by atoms with Gasteiger partial charge < -0.3 is 29.2 Å². The monoisotopic (exact) mass is 1150 g/mol. The van der Waals surface area contributed by atoms with E-state index >= 15 is 0 Å². The summed E-state index contributed by atoms with van der Waals surface area (Å²) in [7, 11) is 0. The van der Waals surface area contributed by atoms with Gasteiger partial charge in [-0.2, -0.15) is 0 Å². The molecule has 0 heterocycles. The van der Waals surface area contributed by atoms with E-state index in [2.05, 4.69) is 141 Å². The van der Waals surface area contributed by atoms with Crippen LogP contribution in [-0.4, -0.2) is 48.8 Å². The van der Waals surface area contributed by atoms with Crippen molar-refractivity contribution in [1.82, 2.24) is 0 Å². The number of aliphatic hydroxyl groups is 2. The summed E-state index contributed by atoms with van der Waals surface area (Å²) in [6.07, 6.45) is -1.69. The second-order valence-corrected chi connectivity index (χ2v) is 17.5. The van der Waals surface area contributed by atoms with Crippen LogP contribution in [0.3, 0.4) is 0 Å². The van der Waals surface area contributed by atoms with Gasteiger partial charge in [-0.1, -0.05) is 57.8 Å². The maximum Gasteiger partial charge on any atom is 0.134 e. The molecule has 0 aliphatic carbocycles. The largest absolute Gasteiger partial charge is 0.490 e. The van der Waals surface area contributed by atoms with Gasteiger partial charge in [0.1, 0.15) is 61.6 Å². The molecule has 2 atom stereocenters. The molecule has 0 aromatic heterocycles. The van der Waals surface area contributed by atoms with E-state index in [0.717, 1.165) is 46.9 Å². The molecule has 4 aromatic rings. The summed E-state index contributed by atoms with van der Waals surface area (Å²) in [6.45, 7) is 4.48. The van der Waals surface area contributed by atoms with E-state index in [1.807, 2.05) is 60.7 Å². The molecule has 0 amide bonds. The van der Waals surface area contributed by atoms with Crippen LogP contribution in [0.5, 0.6) is 23.0 Å². The fourth-order valence-electron chi connectivity index (χ4n) is 4.42. The highest BCUT2D eigenvalue weighted by Gasteiger charge is 2.31. The summed E-state index contributed by atoms with van der Waals surface area (Å²) in [4.78, 5) is 0. The maximum absolute atomic E-state index is 10.5. The number of rotatable bonds is 14. The summed E-state index contributed by atoms with van der Waals surface area (Å²) in [6, 6.07) is 18.9. The van der Waals surface area contributed by atoms with E-state index < -0.39 is 17.6 Å². The Morgan fingerprint density at radius 3 is 1.15 bits per heavy atom. The van der Waals surface area contributed by atoms with Crippen LogP contribution in [0.4, 0.5) is 0 Å². The van der Waals surface area contributed by atoms with Gasteiger partial charge in [-0.05, 0) is 155 Å². The van der Waals surface area contributed by atoms with Gasteiger partial charge in [0, 0.05) is 23.3 Å². The zero-order valence-electron chi connectivity index (χ0n) is 24.8. The lowest BCUT2D eigenvalue weighted by Gasteiger charge is -2.30. The van der Waals surface area contributed by atoms with E-state index in [-0.39, 0.29) is 26.4 Å². The topological polar surface area (TPSA) is 77.4 Å². The molecule has 4 rings (SSSR count). The summed E-state index contributed by atoms with van der Waals surface area (Å²) in [5.41, 5.74) is 1.55. The normalized spacial score (nSPS) is 12.9. The molecular weight excluding hydrogens is 1130 g/mol. The first-order valence-corrected chi connectivity index (χ1v) is 20.3. The minimum absolute atomic E-state index is 0.0461. The first-order chi connectivity index (χ1) is 22.2. The minimum atomic E-state index is -0.844. The Hall–Kier alpha value is -0.160. The fraction of sp³-hybridized carbons (Fsp3) is 0.273. The molecule has 0 radical (unpaired) electrons. The lowest BCUT2D eigenvalue weighted by molar-refractivity contribution is 0.0621.